The van der Waals surface area contributed by atoms with Crippen LogP contribution in [-0.4, -0.2) is 5.78 Å². The highest BCUT2D eigenvalue weighted by Gasteiger charge is 2.36. The molecule has 1 nitrogen and oxygen atoms in total. The highest BCUT2D eigenvalue weighted by molar-refractivity contribution is 6.59. The van der Waals surface area contributed by atoms with Crippen LogP contribution in [0.4, 0.5) is 0 Å². The SMILES string of the molecule is O=C1C2=C(c3ccc(C#Cc4ccccc4)cc3)C(=C1c1ccccc1)c1cccc(c1)-c1cc2ccc1-c1ccc(C#Cc2ccccc2)cc1. The molecule has 52 heavy (non-hydrogen) atoms. The predicted molar refractivity (Wildman–Crippen MR) is 214 cm³/mol. The molecular weight excluding hydrogens is 629 g/mol. The molecule has 2 aliphatic carbocycles. The first-order chi connectivity index (χ1) is 25.7. The molecule has 0 radical (unpaired) electrons. The zero-order valence-corrected chi connectivity index (χ0v) is 28.2. The molecule has 0 aromatic heterocycles. The van der Waals surface area contributed by atoms with E-state index in [1.54, 1.807) is 0 Å². The molecule has 0 unspecified atom stereocenters. The predicted octanol–water partition coefficient (Wildman–Crippen LogP) is 11.2. The summed E-state index contributed by atoms with van der Waals surface area (Å²) in [7, 11) is 0. The Kier molecular flexibility index (Phi) is 7.86. The maximum absolute atomic E-state index is 14.8. The fourth-order valence-electron chi connectivity index (χ4n) is 7.15. The van der Waals surface area contributed by atoms with Crippen LogP contribution in [0.25, 0.3) is 44.5 Å². The van der Waals surface area contributed by atoms with E-state index in [0.717, 1.165) is 89.1 Å². The Labute approximate surface area is 304 Å². The molecule has 6 bridgehead atoms. The first-order valence-corrected chi connectivity index (χ1v) is 17.4. The van der Waals surface area contributed by atoms with Crippen molar-refractivity contribution in [2.75, 3.05) is 0 Å². The minimum absolute atomic E-state index is 0.0384. The van der Waals surface area contributed by atoms with Crippen molar-refractivity contribution in [3.8, 4) is 45.9 Å². The Morgan fingerprint density at radius 2 is 0.673 bits per heavy atom. The number of hydrogen-bond donors (Lipinski definition) is 0. The van der Waals surface area contributed by atoms with Gasteiger partial charge in [0.2, 0.25) is 0 Å². The largest absolute Gasteiger partial charge is 0.289 e. The van der Waals surface area contributed by atoms with Gasteiger partial charge in [-0.2, -0.15) is 0 Å². The lowest BCUT2D eigenvalue weighted by Crippen LogP contribution is -2.03. The minimum atomic E-state index is 0.0384. The van der Waals surface area contributed by atoms with Gasteiger partial charge in [0, 0.05) is 44.5 Å². The van der Waals surface area contributed by atoms with Gasteiger partial charge < -0.3 is 0 Å². The number of hydrogen-bond acceptors (Lipinski definition) is 1. The van der Waals surface area contributed by atoms with Crippen LogP contribution in [0.5, 0.6) is 0 Å². The van der Waals surface area contributed by atoms with E-state index in [9.17, 15) is 4.79 Å². The average molecular weight is 659 g/mol. The van der Waals surface area contributed by atoms with Gasteiger partial charge in [-0.25, -0.2) is 0 Å². The third-order valence-electron chi connectivity index (χ3n) is 9.66. The normalized spacial score (nSPS) is 12.6. The highest BCUT2D eigenvalue weighted by Crippen LogP contribution is 2.52. The molecule has 0 saturated heterocycles. The van der Waals surface area contributed by atoms with Gasteiger partial charge in [0.15, 0.2) is 5.78 Å². The molecule has 240 valence electrons. The van der Waals surface area contributed by atoms with E-state index in [1.807, 2.05) is 91.0 Å². The van der Waals surface area contributed by atoms with Gasteiger partial charge in [-0.1, -0.05) is 145 Å². The van der Waals surface area contributed by atoms with Crippen molar-refractivity contribution >= 4 is 28.1 Å². The summed E-state index contributed by atoms with van der Waals surface area (Å²) in [6.07, 6.45) is 0. The summed E-state index contributed by atoms with van der Waals surface area (Å²) < 4.78 is 0. The van der Waals surface area contributed by atoms with E-state index in [0.29, 0.717) is 0 Å². The smallest absolute Gasteiger partial charge is 0.195 e. The van der Waals surface area contributed by atoms with Crippen molar-refractivity contribution in [1.82, 2.24) is 0 Å². The number of ketones is 1. The van der Waals surface area contributed by atoms with E-state index in [4.69, 9.17) is 0 Å². The second kappa shape index (κ2) is 13.3. The van der Waals surface area contributed by atoms with Crippen molar-refractivity contribution in [2.24, 2.45) is 0 Å². The van der Waals surface area contributed by atoms with Crippen LogP contribution in [0.15, 0.2) is 182 Å². The van der Waals surface area contributed by atoms with Gasteiger partial charge in [-0.3, -0.25) is 4.79 Å². The zero-order chi connectivity index (χ0) is 34.9. The molecule has 2 aliphatic rings. The van der Waals surface area contributed by atoms with Crippen LogP contribution < -0.4 is 0 Å². The van der Waals surface area contributed by atoms with Gasteiger partial charge in [-0.05, 0) is 105 Å². The summed E-state index contributed by atoms with van der Waals surface area (Å²) in [5.41, 5.74) is 15.4. The third-order valence-corrected chi connectivity index (χ3v) is 9.66. The van der Waals surface area contributed by atoms with Crippen LogP contribution >= 0.6 is 0 Å². The molecule has 0 N–H and O–H groups in total. The molecule has 0 amide bonds. The third kappa shape index (κ3) is 5.78. The summed E-state index contributed by atoms with van der Waals surface area (Å²) in [6.45, 7) is 0. The number of Topliss-reactive ketones (excluding diaryl/α,β-unsaturated/α-hetero) is 1. The van der Waals surface area contributed by atoms with Crippen molar-refractivity contribution in [3.63, 3.8) is 0 Å². The molecule has 0 fully saturated rings. The van der Waals surface area contributed by atoms with E-state index < -0.39 is 0 Å². The molecular formula is C51H30O. The zero-order valence-electron chi connectivity index (χ0n) is 28.2. The van der Waals surface area contributed by atoms with E-state index in [1.165, 1.54) is 0 Å². The fraction of sp³-hybridized carbons (Fsp3) is 0. The van der Waals surface area contributed by atoms with Crippen LogP contribution in [-0.2, 0) is 4.79 Å². The Morgan fingerprint density at radius 1 is 0.269 bits per heavy atom. The summed E-state index contributed by atoms with van der Waals surface area (Å²) in [6, 6.07) is 61.9. The minimum Gasteiger partial charge on any atom is -0.289 e. The molecule has 0 aliphatic heterocycles. The van der Waals surface area contributed by atoms with E-state index in [-0.39, 0.29) is 5.78 Å². The summed E-state index contributed by atoms with van der Waals surface area (Å²) in [4.78, 5) is 14.8. The summed E-state index contributed by atoms with van der Waals surface area (Å²) in [5, 5.41) is 0. The number of benzene rings is 7. The maximum Gasteiger partial charge on any atom is 0.195 e. The van der Waals surface area contributed by atoms with Crippen molar-refractivity contribution in [2.45, 2.75) is 0 Å². The lowest BCUT2D eigenvalue weighted by molar-refractivity contribution is -0.108. The second-order valence-electron chi connectivity index (χ2n) is 12.9. The van der Waals surface area contributed by atoms with Crippen LogP contribution in [0, 0.1) is 23.7 Å². The first-order valence-electron chi connectivity index (χ1n) is 17.4. The first kappa shape index (κ1) is 30.8. The summed E-state index contributed by atoms with van der Waals surface area (Å²) >= 11 is 0. The standard InChI is InChI=1S/C51H30O/c52-51-49(40-15-8-3-9-16-40)48-43-18-10-17-42(33-43)46-34-44(31-32-45(46)39-27-23-37(24-28-39)21-19-35-11-4-1-5-12-35)50(51)47(48)41-29-25-38(26-30-41)22-20-36-13-6-2-7-14-36/h1-18,23-34H. The van der Waals surface area contributed by atoms with Crippen LogP contribution in [0.3, 0.4) is 0 Å². The monoisotopic (exact) mass is 658 g/mol. The number of fused-ring (bicyclic) bond motifs is 8. The molecule has 7 aromatic carbocycles. The van der Waals surface area contributed by atoms with Gasteiger partial charge in [0.1, 0.15) is 0 Å². The van der Waals surface area contributed by atoms with Crippen LogP contribution in [0.1, 0.15) is 44.5 Å². The maximum atomic E-state index is 14.8. The molecule has 1 heteroatoms. The lowest BCUT2D eigenvalue weighted by Gasteiger charge is -2.16. The summed E-state index contributed by atoms with van der Waals surface area (Å²) in [5.74, 6) is 13.2. The Morgan fingerprint density at radius 3 is 1.27 bits per heavy atom. The Balaban J connectivity index is 1.19. The molecule has 0 saturated carbocycles. The van der Waals surface area contributed by atoms with Gasteiger partial charge in [0.25, 0.3) is 0 Å². The quantitative estimate of drug-likeness (QED) is 0.173. The second-order valence-corrected chi connectivity index (χ2v) is 12.9. The molecule has 9 rings (SSSR count). The van der Waals surface area contributed by atoms with E-state index in [2.05, 4.69) is 115 Å². The molecule has 0 heterocycles. The molecule has 0 atom stereocenters. The van der Waals surface area contributed by atoms with Gasteiger partial charge in [-0.15, -0.1) is 0 Å². The van der Waals surface area contributed by atoms with Crippen molar-refractivity contribution < 1.29 is 4.79 Å². The van der Waals surface area contributed by atoms with Crippen molar-refractivity contribution in [1.29, 1.82) is 0 Å². The molecule has 0 spiro atoms. The van der Waals surface area contributed by atoms with Crippen LogP contribution in [0.2, 0.25) is 0 Å². The van der Waals surface area contributed by atoms with Gasteiger partial charge >= 0.3 is 0 Å². The number of carbonyl (C=O) groups is 1. The lowest BCUT2D eigenvalue weighted by atomic mass is 9.87. The van der Waals surface area contributed by atoms with Gasteiger partial charge in [0.05, 0.1) is 0 Å². The van der Waals surface area contributed by atoms with Crippen molar-refractivity contribution in [3.05, 3.63) is 226 Å². The topological polar surface area (TPSA) is 17.1 Å². The Bertz CT molecular complexity index is 2690. The Hall–Kier alpha value is -7.19. The number of allylic oxidation sites excluding steroid dienone is 4. The number of rotatable bonds is 3. The molecule has 7 aromatic rings. The fourth-order valence-corrected chi connectivity index (χ4v) is 7.15. The van der Waals surface area contributed by atoms with E-state index >= 15 is 0 Å². The highest BCUT2D eigenvalue weighted by atomic mass is 16.1. The number of carbonyl (C=O) groups excluding carboxylic acids is 1. The average Bonchev–Trinajstić information content (AvgIpc) is 3.53.